The molecule has 5 rings (SSSR count). The molecule has 1 amide bonds. The molecule has 1 aliphatic heterocycles. The summed E-state index contributed by atoms with van der Waals surface area (Å²) in [6, 6.07) is 12.2. The van der Waals surface area contributed by atoms with E-state index in [1.807, 2.05) is 42.3 Å². The molecule has 4 aromatic rings. The van der Waals surface area contributed by atoms with Crippen molar-refractivity contribution in [3.8, 4) is 10.6 Å². The largest absolute Gasteiger partial charge is 0.332 e. The number of para-hydroxylation sites is 1. The Morgan fingerprint density at radius 1 is 1.21 bits per heavy atom. The van der Waals surface area contributed by atoms with Crippen LogP contribution in [0.1, 0.15) is 27.9 Å². The summed E-state index contributed by atoms with van der Waals surface area (Å²) in [6.45, 7) is 5.59. The van der Waals surface area contributed by atoms with Gasteiger partial charge < -0.3 is 9.47 Å². The zero-order valence-corrected chi connectivity index (χ0v) is 16.7. The molecule has 1 aromatic carbocycles. The summed E-state index contributed by atoms with van der Waals surface area (Å²) in [4.78, 5) is 25.2. The van der Waals surface area contributed by atoms with Crippen molar-refractivity contribution in [2.45, 2.75) is 26.8 Å². The maximum absolute atomic E-state index is 13.3. The second-order valence-electron chi connectivity index (χ2n) is 6.97. The number of hydrogen-bond acceptors (Lipinski definition) is 4. The molecule has 0 saturated heterocycles. The van der Waals surface area contributed by atoms with Crippen LogP contribution in [0.5, 0.6) is 0 Å². The predicted octanol–water partition coefficient (Wildman–Crippen LogP) is 4.69. The SMILES string of the molecule is CCn1cc(-c2nc(C)c(C(=O)N3CCc4ccccc43)s2)c2cccnc21. The normalized spacial score (nSPS) is 13.3. The van der Waals surface area contributed by atoms with Crippen molar-refractivity contribution in [2.24, 2.45) is 0 Å². The smallest absolute Gasteiger partial charge is 0.270 e. The number of aryl methyl sites for hydroxylation is 2. The molecule has 0 fully saturated rings. The highest BCUT2D eigenvalue weighted by molar-refractivity contribution is 7.17. The van der Waals surface area contributed by atoms with Crippen LogP contribution in [-0.4, -0.2) is 27.0 Å². The quantitative estimate of drug-likeness (QED) is 0.512. The lowest BCUT2D eigenvalue weighted by molar-refractivity contribution is 0.0992. The molecule has 28 heavy (non-hydrogen) atoms. The summed E-state index contributed by atoms with van der Waals surface area (Å²) in [5.41, 5.74) is 5.03. The van der Waals surface area contributed by atoms with Crippen molar-refractivity contribution in [2.75, 3.05) is 11.4 Å². The zero-order chi connectivity index (χ0) is 19.3. The fraction of sp³-hybridized carbons (Fsp3) is 0.227. The van der Waals surface area contributed by atoms with Gasteiger partial charge in [-0.2, -0.15) is 0 Å². The Morgan fingerprint density at radius 3 is 2.93 bits per heavy atom. The highest BCUT2D eigenvalue weighted by atomic mass is 32.1. The van der Waals surface area contributed by atoms with Gasteiger partial charge in [-0.15, -0.1) is 11.3 Å². The molecule has 140 valence electrons. The Morgan fingerprint density at radius 2 is 2.07 bits per heavy atom. The number of rotatable bonds is 3. The topological polar surface area (TPSA) is 51.0 Å². The number of amides is 1. The van der Waals surface area contributed by atoms with Gasteiger partial charge in [-0.25, -0.2) is 9.97 Å². The molecule has 0 radical (unpaired) electrons. The van der Waals surface area contributed by atoms with Gasteiger partial charge in [0, 0.05) is 42.1 Å². The van der Waals surface area contributed by atoms with Crippen LogP contribution in [0, 0.1) is 6.92 Å². The fourth-order valence-electron chi connectivity index (χ4n) is 3.92. The van der Waals surface area contributed by atoms with Crippen molar-refractivity contribution >= 4 is 34.0 Å². The summed E-state index contributed by atoms with van der Waals surface area (Å²) in [7, 11) is 0. The molecule has 0 N–H and O–H groups in total. The van der Waals surface area contributed by atoms with E-state index in [0.717, 1.165) is 52.5 Å². The van der Waals surface area contributed by atoms with Crippen molar-refractivity contribution < 1.29 is 4.79 Å². The second-order valence-corrected chi connectivity index (χ2v) is 7.97. The minimum absolute atomic E-state index is 0.0450. The third kappa shape index (κ3) is 2.56. The molecule has 0 aliphatic carbocycles. The molecular formula is C22H20N4OS. The van der Waals surface area contributed by atoms with Crippen molar-refractivity contribution in [3.63, 3.8) is 0 Å². The lowest BCUT2D eigenvalue weighted by Gasteiger charge is -2.16. The van der Waals surface area contributed by atoms with E-state index in [0.29, 0.717) is 4.88 Å². The summed E-state index contributed by atoms with van der Waals surface area (Å²) in [6.07, 6.45) is 4.81. The molecule has 0 saturated carbocycles. The van der Waals surface area contributed by atoms with Crippen molar-refractivity contribution in [1.29, 1.82) is 0 Å². The fourth-order valence-corrected chi connectivity index (χ4v) is 4.96. The van der Waals surface area contributed by atoms with Gasteiger partial charge in [0.2, 0.25) is 0 Å². The summed E-state index contributed by atoms with van der Waals surface area (Å²) >= 11 is 1.48. The Labute approximate surface area is 167 Å². The number of thiazole rings is 1. The minimum atomic E-state index is 0.0450. The standard InChI is InChI=1S/C22H20N4OS/c1-3-25-13-17(16-8-6-11-23-20(16)25)21-24-14(2)19(28-21)22(27)26-12-10-15-7-4-5-9-18(15)26/h4-9,11,13H,3,10,12H2,1-2H3. The van der Waals surface area contributed by atoms with E-state index in [4.69, 9.17) is 4.98 Å². The Balaban J connectivity index is 1.56. The van der Waals surface area contributed by atoms with Gasteiger partial charge in [-0.1, -0.05) is 18.2 Å². The van der Waals surface area contributed by atoms with E-state index in [1.165, 1.54) is 16.9 Å². The maximum atomic E-state index is 13.3. The molecule has 0 unspecified atom stereocenters. The first-order chi connectivity index (χ1) is 13.7. The number of carbonyl (C=O) groups excluding carboxylic acids is 1. The van der Waals surface area contributed by atoms with Gasteiger partial charge in [-0.05, 0) is 44.0 Å². The van der Waals surface area contributed by atoms with Gasteiger partial charge >= 0.3 is 0 Å². The molecule has 0 atom stereocenters. The highest BCUT2D eigenvalue weighted by Gasteiger charge is 2.28. The number of aromatic nitrogens is 3. The average molecular weight is 388 g/mol. The molecule has 1 aliphatic rings. The summed E-state index contributed by atoms with van der Waals surface area (Å²) in [5.74, 6) is 0.0450. The second kappa shape index (κ2) is 6.56. The number of fused-ring (bicyclic) bond motifs is 2. The van der Waals surface area contributed by atoms with Gasteiger partial charge in [0.25, 0.3) is 5.91 Å². The molecule has 5 nitrogen and oxygen atoms in total. The molecule has 6 heteroatoms. The van der Waals surface area contributed by atoms with Crippen molar-refractivity contribution in [3.05, 3.63) is 64.9 Å². The van der Waals surface area contributed by atoms with Crippen LogP contribution >= 0.6 is 11.3 Å². The first-order valence-corrected chi connectivity index (χ1v) is 10.3. The number of carbonyl (C=O) groups is 1. The van der Waals surface area contributed by atoms with E-state index in [2.05, 4.69) is 34.8 Å². The minimum Gasteiger partial charge on any atom is -0.332 e. The molecular weight excluding hydrogens is 368 g/mol. The summed E-state index contributed by atoms with van der Waals surface area (Å²) < 4.78 is 2.12. The van der Waals surface area contributed by atoms with Crippen LogP contribution in [0.15, 0.2) is 48.8 Å². The predicted molar refractivity (Wildman–Crippen MR) is 113 cm³/mol. The van der Waals surface area contributed by atoms with Gasteiger partial charge in [0.15, 0.2) is 0 Å². The molecule has 4 heterocycles. The van der Waals surface area contributed by atoms with E-state index in [-0.39, 0.29) is 5.91 Å². The highest BCUT2D eigenvalue weighted by Crippen LogP contribution is 2.36. The maximum Gasteiger partial charge on any atom is 0.270 e. The summed E-state index contributed by atoms with van der Waals surface area (Å²) in [5, 5.41) is 1.95. The van der Waals surface area contributed by atoms with Gasteiger partial charge in [-0.3, -0.25) is 4.79 Å². The number of pyridine rings is 1. The monoisotopic (exact) mass is 388 g/mol. The van der Waals surface area contributed by atoms with Crippen LogP contribution < -0.4 is 4.90 Å². The van der Waals surface area contributed by atoms with E-state index in [1.54, 1.807) is 0 Å². The lowest BCUT2D eigenvalue weighted by Crippen LogP contribution is -2.28. The first-order valence-electron chi connectivity index (χ1n) is 9.48. The zero-order valence-electron chi connectivity index (χ0n) is 15.8. The average Bonchev–Trinajstić information content (AvgIpc) is 3.42. The number of hydrogen-bond donors (Lipinski definition) is 0. The van der Waals surface area contributed by atoms with Gasteiger partial charge in [0.05, 0.1) is 5.69 Å². The first kappa shape index (κ1) is 17.1. The van der Waals surface area contributed by atoms with E-state index >= 15 is 0 Å². The van der Waals surface area contributed by atoms with Crippen molar-refractivity contribution in [1.82, 2.24) is 14.5 Å². The molecule has 0 spiro atoms. The van der Waals surface area contributed by atoms with Gasteiger partial charge in [0.1, 0.15) is 15.5 Å². The Bertz CT molecular complexity index is 1210. The van der Waals surface area contributed by atoms with Crippen LogP contribution in [0.25, 0.3) is 21.6 Å². The Hall–Kier alpha value is -2.99. The van der Waals surface area contributed by atoms with Crippen LogP contribution in [0.3, 0.4) is 0 Å². The molecule has 3 aromatic heterocycles. The third-order valence-corrected chi connectivity index (χ3v) is 6.51. The van der Waals surface area contributed by atoms with E-state index in [9.17, 15) is 4.79 Å². The number of anilines is 1. The van der Waals surface area contributed by atoms with E-state index < -0.39 is 0 Å². The van der Waals surface area contributed by atoms with Crippen LogP contribution in [0.4, 0.5) is 5.69 Å². The number of nitrogens with zero attached hydrogens (tertiary/aromatic N) is 4. The number of benzene rings is 1. The van der Waals surface area contributed by atoms with Crippen LogP contribution in [0.2, 0.25) is 0 Å². The van der Waals surface area contributed by atoms with Crippen LogP contribution in [-0.2, 0) is 13.0 Å². The lowest BCUT2D eigenvalue weighted by atomic mass is 10.2. The molecule has 0 bridgehead atoms. The third-order valence-electron chi connectivity index (χ3n) is 5.33. The Kier molecular flexibility index (Phi) is 4.02.